The van der Waals surface area contributed by atoms with Crippen molar-refractivity contribution in [1.82, 2.24) is 14.8 Å². The molecule has 0 N–H and O–H groups in total. The van der Waals surface area contributed by atoms with E-state index >= 15 is 0 Å². The van der Waals surface area contributed by atoms with Crippen LogP contribution in [0.1, 0.15) is 42.4 Å². The van der Waals surface area contributed by atoms with Gasteiger partial charge in [-0.2, -0.15) is 0 Å². The first kappa shape index (κ1) is 22.3. The highest BCUT2D eigenvalue weighted by Gasteiger charge is 2.31. The normalized spacial score (nSPS) is 22.1. The number of fused-ring (bicyclic) bond motifs is 1. The summed E-state index contributed by atoms with van der Waals surface area (Å²) in [7, 11) is 0. The molecule has 0 spiro atoms. The number of carbonyl (C=O) groups is 1. The molecule has 1 atom stereocenters. The first-order valence-electron chi connectivity index (χ1n) is 12.5. The fourth-order valence-electron chi connectivity index (χ4n) is 5.64. The Morgan fingerprint density at radius 1 is 1.06 bits per heavy atom. The van der Waals surface area contributed by atoms with Crippen molar-refractivity contribution in [3.05, 3.63) is 71.6 Å². The van der Waals surface area contributed by atoms with Gasteiger partial charge in [-0.25, -0.2) is 0 Å². The summed E-state index contributed by atoms with van der Waals surface area (Å²) in [6.07, 6.45) is 14.1. The van der Waals surface area contributed by atoms with Gasteiger partial charge in [-0.15, -0.1) is 0 Å². The molecule has 5 rings (SSSR count). The van der Waals surface area contributed by atoms with E-state index in [1.807, 2.05) is 23.1 Å². The molecule has 0 bridgehead atoms. The predicted octanol–water partition coefficient (Wildman–Crippen LogP) is 3.98. The van der Waals surface area contributed by atoms with Crippen LogP contribution in [0, 0.1) is 5.92 Å². The highest BCUT2D eigenvalue weighted by Crippen LogP contribution is 2.29. The molecular weight excluding hydrogens is 410 g/mol. The Morgan fingerprint density at radius 2 is 1.85 bits per heavy atom. The predicted molar refractivity (Wildman–Crippen MR) is 131 cm³/mol. The minimum absolute atomic E-state index is 0.0861. The Balaban J connectivity index is 1.17. The number of amides is 1. The molecule has 2 saturated heterocycles. The number of nitrogens with zero attached hydrogens (tertiary/aromatic N) is 3. The maximum absolute atomic E-state index is 13.1. The number of pyridine rings is 1. The van der Waals surface area contributed by atoms with E-state index in [-0.39, 0.29) is 12.0 Å². The van der Waals surface area contributed by atoms with E-state index in [1.54, 1.807) is 18.5 Å². The molecule has 0 radical (unpaired) electrons. The third-order valence-electron chi connectivity index (χ3n) is 7.54. The SMILES string of the molecule is O=C(/C=C/c1cccnc1)N(CC1CCN(C2Cc3ccccc3C2)CC1)C[C@@H]1CCCO1. The van der Waals surface area contributed by atoms with Crippen molar-refractivity contribution in [1.29, 1.82) is 0 Å². The van der Waals surface area contributed by atoms with Crippen LogP contribution in [0.15, 0.2) is 54.9 Å². The lowest BCUT2D eigenvalue weighted by molar-refractivity contribution is -0.128. The minimum atomic E-state index is 0.0861. The van der Waals surface area contributed by atoms with Gasteiger partial charge in [0.25, 0.3) is 0 Å². The van der Waals surface area contributed by atoms with Gasteiger partial charge in [-0.1, -0.05) is 30.3 Å². The number of piperidine rings is 1. The zero-order valence-electron chi connectivity index (χ0n) is 19.4. The van der Waals surface area contributed by atoms with Crippen LogP contribution in [-0.2, 0) is 22.4 Å². The Bertz CT molecular complexity index is 922. The first-order chi connectivity index (χ1) is 16.2. The molecule has 5 nitrogen and oxygen atoms in total. The quantitative estimate of drug-likeness (QED) is 0.605. The summed E-state index contributed by atoms with van der Waals surface area (Å²) < 4.78 is 5.86. The average Bonchev–Trinajstić information content (AvgIpc) is 3.53. The molecule has 1 amide bonds. The van der Waals surface area contributed by atoms with Gasteiger partial charge in [-0.05, 0) is 86.4 Å². The molecule has 1 aliphatic carbocycles. The monoisotopic (exact) mass is 445 g/mol. The van der Waals surface area contributed by atoms with Gasteiger partial charge >= 0.3 is 0 Å². The maximum atomic E-state index is 13.1. The van der Waals surface area contributed by atoms with Gasteiger partial charge in [0, 0.05) is 44.2 Å². The lowest BCUT2D eigenvalue weighted by Crippen LogP contribution is -2.46. The van der Waals surface area contributed by atoms with Gasteiger partial charge in [0.05, 0.1) is 6.10 Å². The van der Waals surface area contributed by atoms with Crippen molar-refractivity contribution in [3.8, 4) is 0 Å². The van der Waals surface area contributed by atoms with Crippen LogP contribution in [-0.4, -0.2) is 65.6 Å². The van der Waals surface area contributed by atoms with Crippen molar-refractivity contribution in [2.24, 2.45) is 5.92 Å². The molecule has 2 aliphatic heterocycles. The van der Waals surface area contributed by atoms with Crippen molar-refractivity contribution in [3.63, 3.8) is 0 Å². The summed E-state index contributed by atoms with van der Waals surface area (Å²) in [5, 5.41) is 0. The maximum Gasteiger partial charge on any atom is 0.246 e. The molecular formula is C28H35N3O2. The molecule has 2 aromatic rings. The van der Waals surface area contributed by atoms with Crippen molar-refractivity contribution < 1.29 is 9.53 Å². The summed E-state index contributed by atoms with van der Waals surface area (Å²) >= 11 is 0. The Hall–Kier alpha value is -2.50. The number of aromatic nitrogens is 1. The van der Waals surface area contributed by atoms with Crippen molar-refractivity contribution >= 4 is 12.0 Å². The van der Waals surface area contributed by atoms with Gasteiger partial charge < -0.3 is 9.64 Å². The summed E-state index contributed by atoms with van der Waals surface area (Å²) in [5.41, 5.74) is 4.01. The lowest BCUT2D eigenvalue weighted by Gasteiger charge is -2.38. The molecule has 1 aromatic heterocycles. The Morgan fingerprint density at radius 3 is 2.52 bits per heavy atom. The molecule has 0 saturated carbocycles. The zero-order chi connectivity index (χ0) is 22.5. The second-order valence-corrected chi connectivity index (χ2v) is 9.81. The van der Waals surface area contributed by atoms with Crippen molar-refractivity contribution in [2.45, 2.75) is 50.7 Å². The van der Waals surface area contributed by atoms with Crippen LogP contribution in [0.4, 0.5) is 0 Å². The molecule has 5 heteroatoms. The Kier molecular flexibility index (Phi) is 7.18. The highest BCUT2D eigenvalue weighted by atomic mass is 16.5. The van der Waals surface area contributed by atoms with Crippen molar-refractivity contribution in [2.75, 3.05) is 32.8 Å². The standard InChI is InChI=1S/C28H35N3O2/c32-28(10-9-22-5-3-13-29-19-22)31(21-27-8-4-16-33-27)20-23-11-14-30(15-12-23)26-17-24-6-1-2-7-25(24)18-26/h1-3,5-7,9-10,13,19,23,26-27H,4,8,11-12,14-18,20-21H2/b10-9+/t27-/m0/s1. The largest absolute Gasteiger partial charge is 0.376 e. The van der Waals surface area contributed by atoms with E-state index in [0.717, 1.165) is 57.5 Å². The topological polar surface area (TPSA) is 45.7 Å². The van der Waals surface area contributed by atoms with Gasteiger partial charge in [0.2, 0.25) is 5.91 Å². The van der Waals surface area contributed by atoms with Crippen LogP contribution in [0.25, 0.3) is 6.08 Å². The van der Waals surface area contributed by atoms with Crippen LogP contribution >= 0.6 is 0 Å². The fraction of sp³-hybridized carbons (Fsp3) is 0.500. The van der Waals surface area contributed by atoms with E-state index in [4.69, 9.17) is 4.74 Å². The van der Waals surface area contributed by atoms with Crippen LogP contribution < -0.4 is 0 Å². The number of hydrogen-bond acceptors (Lipinski definition) is 4. The average molecular weight is 446 g/mol. The third kappa shape index (κ3) is 5.71. The number of carbonyl (C=O) groups excluding carboxylic acids is 1. The minimum Gasteiger partial charge on any atom is -0.376 e. The molecule has 3 aliphatic rings. The second-order valence-electron chi connectivity index (χ2n) is 9.81. The lowest BCUT2D eigenvalue weighted by atomic mass is 9.94. The van der Waals surface area contributed by atoms with Crippen LogP contribution in [0.5, 0.6) is 0 Å². The summed E-state index contributed by atoms with van der Waals surface area (Å²) in [6, 6.07) is 13.4. The number of hydrogen-bond donors (Lipinski definition) is 0. The molecule has 33 heavy (non-hydrogen) atoms. The van der Waals surface area contributed by atoms with E-state index in [9.17, 15) is 4.79 Å². The second kappa shape index (κ2) is 10.6. The highest BCUT2D eigenvalue weighted by molar-refractivity contribution is 5.91. The summed E-state index contributed by atoms with van der Waals surface area (Å²) in [6.45, 7) is 4.62. The number of benzene rings is 1. The molecule has 3 heterocycles. The van der Waals surface area contributed by atoms with Gasteiger partial charge in [-0.3, -0.25) is 14.7 Å². The van der Waals surface area contributed by atoms with E-state index in [2.05, 4.69) is 34.1 Å². The summed E-state index contributed by atoms with van der Waals surface area (Å²) in [5.74, 6) is 0.644. The van der Waals surface area contributed by atoms with Crippen LogP contribution in [0.2, 0.25) is 0 Å². The third-order valence-corrected chi connectivity index (χ3v) is 7.54. The van der Waals surface area contributed by atoms with Crippen LogP contribution in [0.3, 0.4) is 0 Å². The fourth-order valence-corrected chi connectivity index (χ4v) is 5.64. The number of likely N-dealkylation sites (tertiary alicyclic amines) is 1. The zero-order valence-corrected chi connectivity index (χ0v) is 19.4. The van der Waals surface area contributed by atoms with E-state index in [1.165, 1.54) is 24.0 Å². The van der Waals surface area contributed by atoms with Gasteiger partial charge in [0.1, 0.15) is 0 Å². The Labute approximate surface area is 197 Å². The smallest absolute Gasteiger partial charge is 0.246 e. The van der Waals surface area contributed by atoms with E-state index < -0.39 is 0 Å². The summed E-state index contributed by atoms with van der Waals surface area (Å²) in [4.78, 5) is 22.0. The number of rotatable bonds is 7. The van der Waals surface area contributed by atoms with E-state index in [0.29, 0.717) is 18.5 Å². The number of ether oxygens (including phenoxy) is 1. The van der Waals surface area contributed by atoms with Gasteiger partial charge in [0.15, 0.2) is 0 Å². The molecule has 0 unspecified atom stereocenters. The molecule has 2 fully saturated rings. The molecule has 1 aromatic carbocycles. The molecule has 174 valence electrons. The first-order valence-corrected chi connectivity index (χ1v) is 12.5.